The van der Waals surface area contributed by atoms with E-state index in [0.717, 1.165) is 0 Å². The van der Waals surface area contributed by atoms with Crippen molar-refractivity contribution in [3.05, 3.63) is 161 Å². The molecule has 0 bridgehead atoms. The predicted octanol–water partition coefficient (Wildman–Crippen LogP) is 9.74. The van der Waals surface area contributed by atoms with Crippen LogP contribution in [0.4, 0.5) is 0 Å². The molecule has 2 heteroatoms. The molecular weight excluding hydrogens is 568 g/mol. The van der Waals surface area contributed by atoms with Gasteiger partial charge in [-0.15, -0.1) is 11.1 Å². The summed E-state index contributed by atoms with van der Waals surface area (Å²) in [4.78, 5) is 0. The Morgan fingerprint density at radius 1 is 0.318 bits per heavy atom. The van der Waals surface area contributed by atoms with Crippen LogP contribution in [-0.2, 0) is 0 Å². The summed E-state index contributed by atoms with van der Waals surface area (Å²) < 4.78 is 0. The molecule has 0 N–H and O–H groups in total. The lowest BCUT2D eigenvalue weighted by Crippen LogP contribution is -2.65. The zero-order valence-electron chi connectivity index (χ0n) is 26.5. The number of halogens is 1. The molecule has 0 nitrogen and oxygen atoms in total. The van der Waals surface area contributed by atoms with Gasteiger partial charge in [-0.1, -0.05) is 127 Å². The van der Waals surface area contributed by atoms with E-state index in [0.29, 0.717) is 0 Å². The molecule has 0 aliphatic rings. The first kappa shape index (κ1) is 29.9. The molecule has 0 saturated carbocycles. The second-order valence-electron chi connectivity index (χ2n) is 12.0. The van der Waals surface area contributed by atoms with Crippen molar-refractivity contribution in [2.75, 3.05) is 0 Å². The van der Waals surface area contributed by atoms with E-state index in [1.165, 1.54) is 82.3 Å². The van der Waals surface area contributed by atoms with Crippen molar-refractivity contribution < 1.29 is 0 Å². The Hall–Kier alpha value is -4.17. The summed E-state index contributed by atoms with van der Waals surface area (Å²) in [5, 5.41) is 3.80. The van der Waals surface area contributed by atoms with Gasteiger partial charge in [0.25, 0.3) is 0 Å². The van der Waals surface area contributed by atoms with E-state index < -0.39 is 7.38 Å². The molecule has 0 aliphatic heterocycles. The Labute approximate surface area is 268 Å². The van der Waals surface area contributed by atoms with Crippen molar-refractivity contribution in [2.45, 2.75) is 41.5 Å². The monoisotopic (exact) mass is 606 g/mol. The lowest BCUT2D eigenvalue weighted by molar-refractivity contribution is 1.34. The van der Waals surface area contributed by atoms with E-state index in [2.05, 4.69) is 169 Å². The molecule has 6 rings (SSSR count). The maximum absolute atomic E-state index is 8.38. The lowest BCUT2D eigenvalue weighted by atomic mass is 9.96. The van der Waals surface area contributed by atoms with Crippen molar-refractivity contribution in [2.24, 2.45) is 0 Å². The van der Waals surface area contributed by atoms with E-state index in [1.54, 1.807) is 0 Å². The molecule has 0 heterocycles. The van der Waals surface area contributed by atoms with Crippen molar-refractivity contribution in [1.29, 1.82) is 0 Å². The Morgan fingerprint density at radius 2 is 0.568 bits per heavy atom. The fourth-order valence-corrected chi connectivity index (χ4v) is 12.6. The van der Waals surface area contributed by atoms with Crippen molar-refractivity contribution in [3.63, 3.8) is 0 Å². The van der Waals surface area contributed by atoms with Gasteiger partial charge >= 0.3 is 0 Å². The third-order valence-corrected chi connectivity index (χ3v) is 15.4. The standard InChI is InChI=1S/C42H39ClSi/c1-28-31(4)40(25-22-37(28)34-16-10-7-11-17-34)44(43,41-26-23-38(29(2)32(41)5)35-18-12-8-13-19-35)42-27-24-39(30(3)33(42)6)36-20-14-9-15-21-36/h7-27H,1-6H3. The highest BCUT2D eigenvalue weighted by atomic mass is 35.6. The molecule has 0 aliphatic carbocycles. The molecule has 0 unspecified atom stereocenters. The normalized spacial score (nSPS) is 11.5. The predicted molar refractivity (Wildman–Crippen MR) is 195 cm³/mol. The zero-order chi connectivity index (χ0) is 31.0. The van der Waals surface area contributed by atoms with Gasteiger partial charge in [0.2, 0.25) is 7.38 Å². The first-order valence-electron chi connectivity index (χ1n) is 15.4. The molecular formula is C42H39ClSi. The first-order chi connectivity index (χ1) is 21.2. The molecule has 6 aromatic carbocycles. The average Bonchev–Trinajstić information content (AvgIpc) is 3.05. The van der Waals surface area contributed by atoms with E-state index in [-0.39, 0.29) is 0 Å². The van der Waals surface area contributed by atoms with Gasteiger partial charge in [-0.05, 0) is 124 Å². The van der Waals surface area contributed by atoms with Gasteiger partial charge < -0.3 is 0 Å². The number of hydrogen-bond acceptors (Lipinski definition) is 0. The molecule has 0 atom stereocenters. The van der Waals surface area contributed by atoms with Gasteiger partial charge in [0.15, 0.2) is 0 Å². The topological polar surface area (TPSA) is 0 Å². The lowest BCUT2D eigenvalue weighted by Gasteiger charge is -2.33. The fourth-order valence-electron chi connectivity index (χ4n) is 6.81. The van der Waals surface area contributed by atoms with Crippen molar-refractivity contribution in [3.8, 4) is 33.4 Å². The van der Waals surface area contributed by atoms with E-state index in [9.17, 15) is 0 Å². The van der Waals surface area contributed by atoms with E-state index in [1.807, 2.05) is 0 Å². The Bertz CT molecular complexity index is 1730. The molecule has 0 fully saturated rings. The van der Waals surface area contributed by atoms with E-state index in [4.69, 9.17) is 11.1 Å². The third-order valence-electron chi connectivity index (χ3n) is 9.73. The van der Waals surface area contributed by atoms with E-state index >= 15 is 0 Å². The van der Waals surface area contributed by atoms with Crippen LogP contribution in [0.5, 0.6) is 0 Å². The second kappa shape index (κ2) is 12.1. The third kappa shape index (κ3) is 5.05. The largest absolute Gasteiger partial charge is 0.248 e. The van der Waals surface area contributed by atoms with Crippen molar-refractivity contribution >= 4 is 34.0 Å². The maximum Gasteiger partial charge on any atom is 0.248 e. The summed E-state index contributed by atoms with van der Waals surface area (Å²) in [5.41, 5.74) is 15.2. The highest BCUT2D eigenvalue weighted by molar-refractivity contribution is 7.40. The van der Waals surface area contributed by atoms with Gasteiger partial charge in [-0.3, -0.25) is 0 Å². The molecule has 6 aromatic rings. The summed E-state index contributed by atoms with van der Waals surface area (Å²) in [6, 6.07) is 45.9. The minimum absolute atomic E-state index is 1.24. The van der Waals surface area contributed by atoms with Gasteiger partial charge in [0.05, 0.1) is 0 Å². The number of hydrogen-bond donors (Lipinski definition) is 0. The van der Waals surface area contributed by atoms with Crippen LogP contribution in [0.3, 0.4) is 0 Å². The summed E-state index contributed by atoms with van der Waals surface area (Å²) in [6.45, 7) is 13.5. The minimum atomic E-state index is -3.00. The van der Waals surface area contributed by atoms with Crippen LogP contribution in [-0.4, -0.2) is 7.38 Å². The van der Waals surface area contributed by atoms with Crippen molar-refractivity contribution in [1.82, 2.24) is 0 Å². The highest BCUT2D eigenvalue weighted by Gasteiger charge is 2.42. The molecule has 218 valence electrons. The quantitative estimate of drug-likeness (QED) is 0.101. The maximum atomic E-state index is 8.38. The summed E-state index contributed by atoms with van der Waals surface area (Å²) in [6.07, 6.45) is 0. The minimum Gasteiger partial charge on any atom is -0.149 e. The number of rotatable bonds is 6. The molecule has 0 amide bonds. The SMILES string of the molecule is Cc1c(-c2ccccc2)ccc([Si](Cl)(c2ccc(-c3ccccc3)c(C)c2C)c2ccc(-c3ccccc3)c(C)c2C)c1C. The first-order valence-corrected chi connectivity index (χ1v) is 18.4. The van der Waals surface area contributed by atoms with Crippen LogP contribution in [0.25, 0.3) is 33.4 Å². The molecule has 0 aromatic heterocycles. The highest BCUT2D eigenvalue weighted by Crippen LogP contribution is 2.32. The fraction of sp³-hybridized carbons (Fsp3) is 0.143. The van der Waals surface area contributed by atoms with Gasteiger partial charge in [0, 0.05) is 0 Å². The molecule has 0 spiro atoms. The van der Waals surface area contributed by atoms with Crippen LogP contribution < -0.4 is 15.6 Å². The Balaban J connectivity index is 1.62. The van der Waals surface area contributed by atoms with Crippen LogP contribution in [0.15, 0.2) is 127 Å². The van der Waals surface area contributed by atoms with Gasteiger partial charge in [-0.25, -0.2) is 0 Å². The average molecular weight is 607 g/mol. The zero-order valence-corrected chi connectivity index (χ0v) is 28.3. The second-order valence-corrected chi connectivity index (χ2v) is 16.6. The summed E-state index contributed by atoms with van der Waals surface area (Å²) in [7, 11) is -3.00. The Morgan fingerprint density at radius 3 is 0.818 bits per heavy atom. The Kier molecular flexibility index (Phi) is 8.20. The van der Waals surface area contributed by atoms with Crippen LogP contribution >= 0.6 is 11.1 Å². The molecule has 0 saturated heterocycles. The molecule has 44 heavy (non-hydrogen) atoms. The summed E-state index contributed by atoms with van der Waals surface area (Å²) in [5.74, 6) is 0. The molecule has 0 radical (unpaired) electrons. The van der Waals surface area contributed by atoms with Gasteiger partial charge in [-0.2, -0.15) is 0 Å². The summed E-state index contributed by atoms with van der Waals surface area (Å²) >= 11 is 8.38. The van der Waals surface area contributed by atoms with Crippen LogP contribution in [0.1, 0.15) is 33.4 Å². The smallest absolute Gasteiger partial charge is 0.149 e. The van der Waals surface area contributed by atoms with Crippen LogP contribution in [0, 0.1) is 41.5 Å². The van der Waals surface area contributed by atoms with Crippen LogP contribution in [0.2, 0.25) is 0 Å². The van der Waals surface area contributed by atoms with Gasteiger partial charge in [0.1, 0.15) is 0 Å². The number of benzene rings is 6.